The fourth-order valence-electron chi connectivity index (χ4n) is 3.33. The Morgan fingerprint density at radius 3 is 3.05 bits per heavy atom. The molecule has 0 radical (unpaired) electrons. The van der Waals surface area contributed by atoms with Crippen molar-refractivity contribution in [2.75, 3.05) is 13.1 Å². The van der Waals surface area contributed by atoms with E-state index in [1.54, 1.807) is 11.3 Å². The number of hydrogen-bond donors (Lipinski definition) is 1. The fourth-order valence-corrected chi connectivity index (χ4v) is 3.97. The summed E-state index contributed by atoms with van der Waals surface area (Å²) in [4.78, 5) is 15.7. The standard InChI is InChI=1S/C16H24N2O2S/c1-11(2)18-9-12-6-13(20-15(12)10-18)7-16(19)17-8-14-4-3-5-21-14/h3-5,11-13,15H,6-10H2,1-2H3,(H,17,19)/t12-,13-,15+/m0/s1. The van der Waals surface area contributed by atoms with Gasteiger partial charge in [-0.2, -0.15) is 0 Å². The van der Waals surface area contributed by atoms with Gasteiger partial charge in [-0.3, -0.25) is 9.69 Å². The molecule has 0 aromatic carbocycles. The predicted molar refractivity (Wildman–Crippen MR) is 84.3 cm³/mol. The quantitative estimate of drug-likeness (QED) is 0.907. The van der Waals surface area contributed by atoms with E-state index in [1.165, 1.54) is 4.88 Å². The maximum atomic E-state index is 12.0. The van der Waals surface area contributed by atoms with E-state index in [9.17, 15) is 4.79 Å². The number of carbonyl (C=O) groups excluding carboxylic acids is 1. The number of ether oxygens (including phenoxy) is 1. The summed E-state index contributed by atoms with van der Waals surface area (Å²) in [5, 5.41) is 5.02. The van der Waals surface area contributed by atoms with Crippen molar-refractivity contribution in [1.82, 2.24) is 10.2 Å². The van der Waals surface area contributed by atoms with Crippen LogP contribution in [-0.2, 0) is 16.1 Å². The number of fused-ring (bicyclic) bond motifs is 1. The number of hydrogen-bond acceptors (Lipinski definition) is 4. The van der Waals surface area contributed by atoms with Crippen LogP contribution in [0.1, 0.15) is 31.6 Å². The van der Waals surface area contributed by atoms with E-state index in [2.05, 4.69) is 24.1 Å². The van der Waals surface area contributed by atoms with Crippen molar-refractivity contribution in [3.63, 3.8) is 0 Å². The third-order valence-electron chi connectivity index (χ3n) is 4.53. The van der Waals surface area contributed by atoms with E-state index < -0.39 is 0 Å². The largest absolute Gasteiger partial charge is 0.373 e. The van der Waals surface area contributed by atoms with Gasteiger partial charge < -0.3 is 10.1 Å². The van der Waals surface area contributed by atoms with Crippen LogP contribution in [0, 0.1) is 5.92 Å². The van der Waals surface area contributed by atoms with Gasteiger partial charge in [-0.15, -0.1) is 11.3 Å². The minimum atomic E-state index is 0.106. The highest BCUT2D eigenvalue weighted by Gasteiger charge is 2.42. The maximum absolute atomic E-state index is 12.0. The lowest BCUT2D eigenvalue weighted by Gasteiger charge is -2.22. The molecule has 3 rings (SSSR count). The molecule has 0 bridgehead atoms. The van der Waals surface area contributed by atoms with Crippen LogP contribution in [0.3, 0.4) is 0 Å². The second kappa shape index (κ2) is 6.46. The Bertz CT molecular complexity index is 461. The molecule has 1 N–H and O–H groups in total. The summed E-state index contributed by atoms with van der Waals surface area (Å²) in [5.74, 6) is 0.719. The molecular formula is C16H24N2O2S. The highest BCUT2D eigenvalue weighted by Crippen LogP contribution is 2.34. The second-order valence-electron chi connectivity index (χ2n) is 6.40. The summed E-state index contributed by atoms with van der Waals surface area (Å²) in [6.07, 6.45) is 1.97. The SMILES string of the molecule is CC(C)N1C[C@@H]2C[C@@H](CC(=O)NCc3cccs3)O[C@@H]2C1. The first-order valence-electron chi connectivity index (χ1n) is 7.80. The summed E-state index contributed by atoms with van der Waals surface area (Å²) in [7, 11) is 0. The van der Waals surface area contributed by atoms with Gasteiger partial charge in [0.1, 0.15) is 0 Å². The van der Waals surface area contributed by atoms with Crippen LogP contribution < -0.4 is 5.32 Å². The lowest BCUT2D eigenvalue weighted by Crippen LogP contribution is -2.32. The lowest BCUT2D eigenvalue weighted by molar-refractivity contribution is -0.124. The lowest BCUT2D eigenvalue weighted by atomic mass is 10.0. The monoisotopic (exact) mass is 308 g/mol. The van der Waals surface area contributed by atoms with Crippen LogP contribution in [0.25, 0.3) is 0 Å². The minimum Gasteiger partial charge on any atom is -0.373 e. The highest BCUT2D eigenvalue weighted by atomic mass is 32.1. The molecule has 2 fully saturated rings. The molecule has 0 spiro atoms. The van der Waals surface area contributed by atoms with Crippen LogP contribution in [0.15, 0.2) is 17.5 Å². The number of rotatable bonds is 5. The number of thiophene rings is 1. The van der Waals surface area contributed by atoms with Crippen LogP contribution in [0.5, 0.6) is 0 Å². The van der Waals surface area contributed by atoms with Crippen LogP contribution in [0.2, 0.25) is 0 Å². The zero-order valence-corrected chi connectivity index (χ0v) is 13.6. The average Bonchev–Trinajstić information content (AvgIpc) is 3.11. The Morgan fingerprint density at radius 1 is 1.52 bits per heavy atom. The molecule has 2 aliphatic heterocycles. The normalized spacial score (nSPS) is 29.0. The molecule has 0 saturated carbocycles. The zero-order chi connectivity index (χ0) is 14.8. The van der Waals surface area contributed by atoms with Crippen molar-refractivity contribution in [3.05, 3.63) is 22.4 Å². The molecular weight excluding hydrogens is 284 g/mol. The number of nitrogens with one attached hydrogen (secondary N) is 1. The van der Waals surface area contributed by atoms with E-state index in [-0.39, 0.29) is 12.0 Å². The van der Waals surface area contributed by atoms with E-state index in [1.807, 2.05) is 17.5 Å². The average molecular weight is 308 g/mol. The molecule has 5 heteroatoms. The zero-order valence-electron chi connectivity index (χ0n) is 12.7. The van der Waals surface area contributed by atoms with Crippen molar-refractivity contribution < 1.29 is 9.53 Å². The molecule has 0 unspecified atom stereocenters. The van der Waals surface area contributed by atoms with Crippen molar-refractivity contribution >= 4 is 17.2 Å². The van der Waals surface area contributed by atoms with Gasteiger partial charge in [-0.25, -0.2) is 0 Å². The summed E-state index contributed by atoms with van der Waals surface area (Å²) < 4.78 is 6.07. The Hall–Kier alpha value is -0.910. The second-order valence-corrected chi connectivity index (χ2v) is 7.43. The molecule has 1 amide bonds. The van der Waals surface area contributed by atoms with Gasteiger partial charge in [-0.05, 0) is 31.7 Å². The first-order chi connectivity index (χ1) is 10.1. The van der Waals surface area contributed by atoms with Crippen LogP contribution >= 0.6 is 11.3 Å². The molecule has 116 valence electrons. The fraction of sp³-hybridized carbons (Fsp3) is 0.688. The summed E-state index contributed by atoms with van der Waals surface area (Å²) in [6, 6.07) is 4.64. The molecule has 1 aromatic heterocycles. The van der Waals surface area contributed by atoms with Gasteiger partial charge in [0.15, 0.2) is 0 Å². The maximum Gasteiger partial charge on any atom is 0.222 e. The Kier molecular flexibility index (Phi) is 4.62. The Balaban J connectivity index is 1.41. The summed E-state index contributed by atoms with van der Waals surface area (Å²) in [6.45, 7) is 7.25. The highest BCUT2D eigenvalue weighted by molar-refractivity contribution is 7.09. The van der Waals surface area contributed by atoms with E-state index >= 15 is 0 Å². The Morgan fingerprint density at radius 2 is 2.38 bits per heavy atom. The van der Waals surface area contributed by atoms with E-state index in [4.69, 9.17) is 4.74 Å². The molecule has 2 aliphatic rings. The first-order valence-corrected chi connectivity index (χ1v) is 8.68. The summed E-state index contributed by atoms with van der Waals surface area (Å²) >= 11 is 1.67. The van der Waals surface area contributed by atoms with Crippen LogP contribution in [-0.4, -0.2) is 42.1 Å². The number of likely N-dealkylation sites (tertiary alicyclic amines) is 1. The number of carbonyl (C=O) groups is 1. The van der Waals surface area contributed by atoms with Gasteiger partial charge in [0, 0.05) is 29.9 Å². The third-order valence-corrected chi connectivity index (χ3v) is 5.40. The third kappa shape index (κ3) is 3.65. The van der Waals surface area contributed by atoms with Gasteiger partial charge in [0.2, 0.25) is 5.91 Å². The summed E-state index contributed by atoms with van der Waals surface area (Å²) in [5.41, 5.74) is 0. The molecule has 1 aromatic rings. The van der Waals surface area contributed by atoms with Crippen molar-refractivity contribution in [2.45, 2.75) is 51.5 Å². The van der Waals surface area contributed by atoms with Crippen molar-refractivity contribution in [2.24, 2.45) is 5.92 Å². The van der Waals surface area contributed by atoms with Gasteiger partial charge >= 0.3 is 0 Å². The molecule has 21 heavy (non-hydrogen) atoms. The van der Waals surface area contributed by atoms with Crippen molar-refractivity contribution in [1.29, 1.82) is 0 Å². The molecule has 3 atom stereocenters. The smallest absolute Gasteiger partial charge is 0.222 e. The molecule has 0 aliphatic carbocycles. The molecule has 2 saturated heterocycles. The minimum absolute atomic E-state index is 0.106. The predicted octanol–water partition coefficient (Wildman–Crippen LogP) is 2.25. The number of nitrogens with zero attached hydrogens (tertiary/aromatic N) is 1. The number of amides is 1. The van der Waals surface area contributed by atoms with E-state index in [0.717, 1.165) is 19.5 Å². The molecule has 4 nitrogen and oxygen atoms in total. The molecule has 3 heterocycles. The topological polar surface area (TPSA) is 41.6 Å². The van der Waals surface area contributed by atoms with Crippen LogP contribution in [0.4, 0.5) is 0 Å². The van der Waals surface area contributed by atoms with Gasteiger partial charge in [0.05, 0.1) is 25.2 Å². The Labute approximate surface area is 130 Å². The van der Waals surface area contributed by atoms with E-state index in [0.29, 0.717) is 31.0 Å². The first kappa shape index (κ1) is 15.0. The van der Waals surface area contributed by atoms with Crippen molar-refractivity contribution in [3.8, 4) is 0 Å². The van der Waals surface area contributed by atoms with Gasteiger partial charge in [-0.1, -0.05) is 6.07 Å². The van der Waals surface area contributed by atoms with Gasteiger partial charge in [0.25, 0.3) is 0 Å².